The smallest absolute Gasteiger partial charge is 0.138 e. The molecule has 1 aromatic heterocycles. The fourth-order valence-corrected chi connectivity index (χ4v) is 3.22. The molecule has 4 N–H and O–H groups in total. The average molecular weight is 394 g/mol. The number of allylic oxidation sites excluding steroid dienone is 2. The molecule has 0 aliphatic rings. The van der Waals surface area contributed by atoms with E-state index in [-0.39, 0.29) is 17.2 Å². The molecule has 0 saturated carbocycles. The number of aliphatic hydroxyl groups is 1. The minimum atomic E-state index is -0.525. The van der Waals surface area contributed by atoms with Crippen LogP contribution in [0.5, 0.6) is 17.2 Å². The average Bonchev–Trinajstić information content (AvgIpc) is 3.07. The summed E-state index contributed by atoms with van der Waals surface area (Å²) in [6, 6.07) is 9.53. The lowest BCUT2D eigenvalue weighted by molar-refractivity contribution is 0.201. The lowest BCUT2D eigenvalue weighted by Crippen LogP contribution is -2.06. The molecule has 0 amide bonds. The highest BCUT2D eigenvalue weighted by atomic mass is 16.3. The Labute approximate surface area is 169 Å². The van der Waals surface area contributed by atoms with Crippen molar-refractivity contribution in [3.05, 3.63) is 65.8 Å². The molecule has 3 aromatic rings. The van der Waals surface area contributed by atoms with Crippen LogP contribution in [0.25, 0.3) is 22.3 Å². The van der Waals surface area contributed by atoms with Crippen LogP contribution in [0.15, 0.2) is 64.6 Å². The molecular formula is C24H26O5. The molecule has 0 aliphatic carbocycles. The van der Waals surface area contributed by atoms with Gasteiger partial charge in [-0.2, -0.15) is 0 Å². The Balaban J connectivity index is 1.90. The van der Waals surface area contributed by atoms with Crippen molar-refractivity contribution in [2.75, 3.05) is 0 Å². The van der Waals surface area contributed by atoms with Crippen LogP contribution in [0, 0.1) is 0 Å². The molecule has 1 heterocycles. The van der Waals surface area contributed by atoms with E-state index < -0.39 is 6.10 Å². The molecule has 5 nitrogen and oxygen atoms in total. The van der Waals surface area contributed by atoms with Crippen LogP contribution >= 0.6 is 0 Å². The van der Waals surface area contributed by atoms with Gasteiger partial charge in [-0.1, -0.05) is 23.8 Å². The van der Waals surface area contributed by atoms with Crippen LogP contribution in [0.3, 0.4) is 0 Å². The number of phenolic OH excluding ortho intramolecular Hbond substituents is 3. The normalized spacial score (nSPS) is 13.0. The van der Waals surface area contributed by atoms with E-state index in [1.807, 2.05) is 19.1 Å². The van der Waals surface area contributed by atoms with Crippen molar-refractivity contribution in [2.24, 2.45) is 0 Å². The summed E-state index contributed by atoms with van der Waals surface area (Å²) in [5, 5.41) is 40.8. The van der Waals surface area contributed by atoms with Crippen molar-refractivity contribution >= 4 is 11.0 Å². The molecule has 0 radical (unpaired) electrons. The summed E-state index contributed by atoms with van der Waals surface area (Å²) in [7, 11) is 0. The van der Waals surface area contributed by atoms with E-state index in [4.69, 9.17) is 4.42 Å². The number of fused-ring (bicyclic) bond motifs is 1. The highest BCUT2D eigenvalue weighted by Gasteiger charge is 2.16. The Bertz CT molecular complexity index is 1070. The first-order chi connectivity index (χ1) is 13.7. The summed E-state index contributed by atoms with van der Waals surface area (Å²) in [5.74, 6) is 0.521. The topological polar surface area (TPSA) is 94.1 Å². The molecule has 2 aromatic carbocycles. The number of rotatable bonds is 7. The first-order valence-electron chi connectivity index (χ1n) is 9.51. The van der Waals surface area contributed by atoms with Gasteiger partial charge >= 0.3 is 0 Å². The predicted molar refractivity (Wildman–Crippen MR) is 114 cm³/mol. The molecule has 29 heavy (non-hydrogen) atoms. The molecule has 0 bridgehead atoms. The third-order valence-electron chi connectivity index (χ3n) is 5.02. The number of aliphatic hydroxyl groups excluding tert-OH is 1. The van der Waals surface area contributed by atoms with Gasteiger partial charge in [0.2, 0.25) is 0 Å². The van der Waals surface area contributed by atoms with Crippen molar-refractivity contribution in [1.82, 2.24) is 0 Å². The highest BCUT2D eigenvalue weighted by molar-refractivity contribution is 5.85. The quantitative estimate of drug-likeness (QED) is 0.401. The molecule has 0 spiro atoms. The van der Waals surface area contributed by atoms with Crippen molar-refractivity contribution in [3.63, 3.8) is 0 Å². The summed E-state index contributed by atoms with van der Waals surface area (Å²) in [6.45, 7) is 7.54. The minimum Gasteiger partial charge on any atom is -0.508 e. The molecule has 152 valence electrons. The molecule has 0 saturated heterocycles. The summed E-state index contributed by atoms with van der Waals surface area (Å²) in [4.78, 5) is 0. The van der Waals surface area contributed by atoms with Gasteiger partial charge in [-0.3, -0.25) is 0 Å². The fourth-order valence-electron chi connectivity index (χ4n) is 3.22. The maximum Gasteiger partial charge on any atom is 0.138 e. The van der Waals surface area contributed by atoms with E-state index >= 15 is 0 Å². The van der Waals surface area contributed by atoms with Gasteiger partial charge in [0.15, 0.2) is 0 Å². The van der Waals surface area contributed by atoms with Crippen LogP contribution in [-0.4, -0.2) is 26.5 Å². The molecule has 0 aliphatic heterocycles. The van der Waals surface area contributed by atoms with Crippen molar-refractivity contribution in [1.29, 1.82) is 0 Å². The molecule has 1 atom stereocenters. The van der Waals surface area contributed by atoms with Crippen LogP contribution in [0.2, 0.25) is 0 Å². The molecule has 0 fully saturated rings. The van der Waals surface area contributed by atoms with E-state index in [0.717, 1.165) is 16.5 Å². The third-order valence-corrected chi connectivity index (χ3v) is 5.02. The largest absolute Gasteiger partial charge is 0.508 e. The molecule has 3 rings (SSSR count). The molecule has 0 unspecified atom stereocenters. The lowest BCUT2D eigenvalue weighted by Gasteiger charge is -2.11. The van der Waals surface area contributed by atoms with Crippen LogP contribution in [-0.2, 0) is 6.42 Å². The Morgan fingerprint density at radius 2 is 1.83 bits per heavy atom. The van der Waals surface area contributed by atoms with Crippen LogP contribution < -0.4 is 0 Å². The van der Waals surface area contributed by atoms with Crippen molar-refractivity contribution in [3.8, 4) is 28.6 Å². The van der Waals surface area contributed by atoms with Gasteiger partial charge in [-0.15, -0.1) is 0 Å². The Morgan fingerprint density at radius 1 is 1.07 bits per heavy atom. The van der Waals surface area contributed by atoms with E-state index in [1.165, 1.54) is 12.1 Å². The second kappa shape index (κ2) is 8.45. The number of furan rings is 1. The van der Waals surface area contributed by atoms with E-state index in [9.17, 15) is 20.4 Å². The van der Waals surface area contributed by atoms with Crippen molar-refractivity contribution in [2.45, 2.75) is 39.2 Å². The number of benzene rings is 2. The maximum atomic E-state index is 10.4. The van der Waals surface area contributed by atoms with E-state index in [1.54, 1.807) is 25.1 Å². The Hall–Kier alpha value is -3.18. The van der Waals surface area contributed by atoms with Gasteiger partial charge in [0.05, 0.1) is 6.10 Å². The lowest BCUT2D eigenvalue weighted by atomic mass is 9.98. The standard InChI is InChI=1S/C24H26O5/c1-14(2)21(27)9-5-15(3)4-8-19-20(11-18(26)12-22(19)28)24-10-16-6-7-17(25)13-23(16)29-24/h4,6-7,10-13,21,25-28H,1,5,8-9H2,2-3H3/t21-/m1/s1. The van der Waals surface area contributed by atoms with E-state index in [2.05, 4.69) is 6.58 Å². The zero-order chi connectivity index (χ0) is 21.1. The van der Waals surface area contributed by atoms with Gasteiger partial charge in [-0.05, 0) is 57.4 Å². The van der Waals surface area contributed by atoms with Gasteiger partial charge < -0.3 is 24.8 Å². The number of hydrogen-bond acceptors (Lipinski definition) is 5. The predicted octanol–water partition coefficient (Wildman–Crippen LogP) is 5.42. The van der Waals surface area contributed by atoms with Gasteiger partial charge in [0.1, 0.15) is 28.6 Å². The third kappa shape index (κ3) is 4.81. The van der Waals surface area contributed by atoms with Gasteiger partial charge in [0.25, 0.3) is 0 Å². The second-order valence-electron chi connectivity index (χ2n) is 7.48. The van der Waals surface area contributed by atoms with E-state index in [0.29, 0.717) is 41.7 Å². The van der Waals surface area contributed by atoms with Gasteiger partial charge in [-0.25, -0.2) is 0 Å². The molecular weight excluding hydrogens is 368 g/mol. The summed E-state index contributed by atoms with van der Waals surface area (Å²) < 4.78 is 5.85. The number of aromatic hydroxyl groups is 3. The van der Waals surface area contributed by atoms with Crippen molar-refractivity contribution < 1.29 is 24.8 Å². The van der Waals surface area contributed by atoms with Gasteiger partial charge in [0, 0.05) is 28.6 Å². The Morgan fingerprint density at radius 3 is 2.55 bits per heavy atom. The summed E-state index contributed by atoms with van der Waals surface area (Å²) in [5.41, 5.74) is 3.56. The first-order valence-corrected chi connectivity index (χ1v) is 9.51. The number of hydrogen-bond donors (Lipinski definition) is 4. The highest BCUT2D eigenvalue weighted by Crippen LogP contribution is 2.38. The maximum absolute atomic E-state index is 10.4. The zero-order valence-corrected chi connectivity index (χ0v) is 16.6. The fraction of sp³-hybridized carbons (Fsp3) is 0.250. The van der Waals surface area contributed by atoms with Crippen LogP contribution in [0.4, 0.5) is 0 Å². The zero-order valence-electron chi connectivity index (χ0n) is 16.6. The summed E-state index contributed by atoms with van der Waals surface area (Å²) >= 11 is 0. The van der Waals surface area contributed by atoms with Crippen LogP contribution in [0.1, 0.15) is 32.3 Å². The summed E-state index contributed by atoms with van der Waals surface area (Å²) in [6.07, 6.45) is 3.22. The number of phenols is 3. The first kappa shape index (κ1) is 20.6. The Kier molecular flexibility index (Phi) is 5.99. The monoisotopic (exact) mass is 394 g/mol. The molecule has 5 heteroatoms. The SMILES string of the molecule is C=C(C)[C@H](O)CCC(C)=CCc1c(O)cc(O)cc1-c1cc2ccc(O)cc2o1. The second-order valence-corrected chi connectivity index (χ2v) is 7.48. The minimum absolute atomic E-state index is 0.0191.